The van der Waals surface area contributed by atoms with E-state index in [-0.39, 0.29) is 11.7 Å². The number of ketones is 1. The summed E-state index contributed by atoms with van der Waals surface area (Å²) in [7, 11) is 0. The topological polar surface area (TPSA) is 46.2 Å². The second-order valence-electron chi connectivity index (χ2n) is 4.47. The summed E-state index contributed by atoms with van der Waals surface area (Å²) in [6.45, 7) is 1.85. The molecule has 21 heavy (non-hydrogen) atoms. The molecule has 1 aromatic heterocycles. The van der Waals surface area contributed by atoms with Crippen LogP contribution in [-0.4, -0.2) is 18.2 Å². The van der Waals surface area contributed by atoms with Gasteiger partial charge in [0.25, 0.3) is 0 Å². The predicted octanol–water partition coefficient (Wildman–Crippen LogP) is 2.66. The molecule has 1 aromatic carbocycles. The smallest absolute Gasteiger partial charge is 0.226 e. The molecule has 1 N–H and O–H groups in total. The third-order valence-corrected chi connectivity index (χ3v) is 3.69. The van der Waals surface area contributed by atoms with Gasteiger partial charge in [-0.15, -0.1) is 11.3 Å². The van der Waals surface area contributed by atoms with Gasteiger partial charge in [0.05, 0.1) is 13.0 Å². The number of Topliss-reactive ketones (excluding diaryl/α,β-unsaturated/α-hetero) is 1. The molecule has 0 spiro atoms. The van der Waals surface area contributed by atoms with Gasteiger partial charge < -0.3 is 5.32 Å². The SMILES string of the molecule is CC(=O)c1ccc(C#CCNC(=O)Cc2cccs2)cc1. The summed E-state index contributed by atoms with van der Waals surface area (Å²) in [5.74, 6) is 5.86. The highest BCUT2D eigenvalue weighted by molar-refractivity contribution is 7.10. The third-order valence-electron chi connectivity index (χ3n) is 2.81. The van der Waals surface area contributed by atoms with Crippen molar-refractivity contribution in [2.45, 2.75) is 13.3 Å². The standard InChI is InChI=1S/C17H15NO2S/c1-13(19)15-8-6-14(7-9-15)4-2-10-18-17(20)12-16-5-3-11-21-16/h3,5-9,11H,10,12H2,1H3,(H,18,20). The minimum Gasteiger partial charge on any atom is -0.345 e. The number of amides is 1. The average molecular weight is 297 g/mol. The average Bonchev–Trinajstić information content (AvgIpc) is 2.97. The number of hydrogen-bond acceptors (Lipinski definition) is 3. The highest BCUT2D eigenvalue weighted by Gasteiger charge is 2.02. The van der Waals surface area contributed by atoms with Crippen LogP contribution in [0.5, 0.6) is 0 Å². The first kappa shape index (κ1) is 15.0. The van der Waals surface area contributed by atoms with Crippen molar-refractivity contribution in [1.29, 1.82) is 0 Å². The van der Waals surface area contributed by atoms with Crippen LogP contribution in [0.3, 0.4) is 0 Å². The van der Waals surface area contributed by atoms with E-state index in [1.165, 1.54) is 6.92 Å². The number of carbonyl (C=O) groups excluding carboxylic acids is 2. The van der Waals surface area contributed by atoms with Crippen molar-refractivity contribution >= 4 is 23.0 Å². The van der Waals surface area contributed by atoms with Crippen molar-refractivity contribution in [1.82, 2.24) is 5.32 Å². The predicted molar refractivity (Wildman–Crippen MR) is 84.4 cm³/mol. The van der Waals surface area contributed by atoms with Crippen molar-refractivity contribution in [3.05, 3.63) is 57.8 Å². The molecule has 0 fully saturated rings. The normalized spacial score (nSPS) is 9.57. The van der Waals surface area contributed by atoms with Gasteiger partial charge in [-0.3, -0.25) is 9.59 Å². The fraction of sp³-hybridized carbons (Fsp3) is 0.176. The molecule has 106 valence electrons. The van der Waals surface area contributed by atoms with E-state index in [1.54, 1.807) is 35.6 Å². The van der Waals surface area contributed by atoms with Crippen LogP contribution in [0.15, 0.2) is 41.8 Å². The highest BCUT2D eigenvalue weighted by atomic mass is 32.1. The highest BCUT2D eigenvalue weighted by Crippen LogP contribution is 2.08. The second-order valence-corrected chi connectivity index (χ2v) is 5.50. The van der Waals surface area contributed by atoms with Gasteiger partial charge in [-0.1, -0.05) is 30.0 Å². The fourth-order valence-corrected chi connectivity index (χ4v) is 2.41. The van der Waals surface area contributed by atoms with Crippen molar-refractivity contribution < 1.29 is 9.59 Å². The summed E-state index contributed by atoms with van der Waals surface area (Å²) in [5.41, 5.74) is 1.50. The van der Waals surface area contributed by atoms with Gasteiger partial charge in [0, 0.05) is 16.0 Å². The molecule has 0 aliphatic heterocycles. The number of thiophene rings is 1. The van der Waals surface area contributed by atoms with Gasteiger partial charge in [0.2, 0.25) is 5.91 Å². The molecule has 0 atom stereocenters. The van der Waals surface area contributed by atoms with Crippen LogP contribution < -0.4 is 5.32 Å². The van der Waals surface area contributed by atoms with Gasteiger partial charge in [-0.05, 0) is 30.5 Å². The molecule has 0 radical (unpaired) electrons. The first-order chi connectivity index (χ1) is 10.1. The maximum absolute atomic E-state index is 11.6. The lowest BCUT2D eigenvalue weighted by Crippen LogP contribution is -2.24. The Kier molecular flexibility index (Phi) is 5.30. The van der Waals surface area contributed by atoms with Crippen molar-refractivity contribution in [3.63, 3.8) is 0 Å². The summed E-state index contributed by atoms with van der Waals surface area (Å²) in [4.78, 5) is 23.8. The van der Waals surface area contributed by atoms with Crippen LogP contribution in [0.25, 0.3) is 0 Å². The van der Waals surface area contributed by atoms with Gasteiger partial charge in [0.15, 0.2) is 5.78 Å². The van der Waals surface area contributed by atoms with Crippen molar-refractivity contribution in [2.24, 2.45) is 0 Å². The quantitative estimate of drug-likeness (QED) is 0.696. The molecule has 2 aromatic rings. The molecule has 2 rings (SSSR count). The Morgan fingerprint density at radius 3 is 2.57 bits per heavy atom. The number of nitrogens with one attached hydrogen (secondary N) is 1. The van der Waals surface area contributed by atoms with Crippen LogP contribution in [0.1, 0.15) is 27.7 Å². The number of carbonyl (C=O) groups is 2. The lowest BCUT2D eigenvalue weighted by molar-refractivity contribution is -0.120. The summed E-state index contributed by atoms with van der Waals surface area (Å²) < 4.78 is 0. The summed E-state index contributed by atoms with van der Waals surface area (Å²) in [6.07, 6.45) is 0.395. The Labute approximate surface area is 128 Å². The van der Waals surface area contributed by atoms with E-state index in [9.17, 15) is 9.59 Å². The molecule has 0 saturated heterocycles. The molecule has 0 aliphatic rings. The molecule has 0 unspecified atom stereocenters. The summed E-state index contributed by atoms with van der Waals surface area (Å²) in [6, 6.07) is 11.0. The Bertz CT molecular complexity index is 676. The molecule has 0 aliphatic carbocycles. The van der Waals surface area contributed by atoms with E-state index >= 15 is 0 Å². The Balaban J connectivity index is 1.80. The third kappa shape index (κ3) is 4.90. The molecular weight excluding hydrogens is 282 g/mol. The molecule has 0 saturated carbocycles. The molecule has 1 amide bonds. The van der Waals surface area contributed by atoms with Crippen LogP contribution in [-0.2, 0) is 11.2 Å². The largest absolute Gasteiger partial charge is 0.345 e. The van der Waals surface area contributed by atoms with Gasteiger partial charge in [0.1, 0.15) is 0 Å². The molecule has 0 bridgehead atoms. The molecular formula is C17H15NO2S. The maximum atomic E-state index is 11.6. The zero-order chi connectivity index (χ0) is 15.1. The van der Waals surface area contributed by atoms with Crippen molar-refractivity contribution in [3.8, 4) is 11.8 Å². The summed E-state index contributed by atoms with van der Waals surface area (Å²) in [5, 5.41) is 4.71. The summed E-state index contributed by atoms with van der Waals surface area (Å²) >= 11 is 1.57. The Hall–Kier alpha value is -2.38. The van der Waals surface area contributed by atoms with E-state index in [0.29, 0.717) is 18.5 Å². The Morgan fingerprint density at radius 2 is 1.95 bits per heavy atom. The molecule has 1 heterocycles. The number of hydrogen-bond donors (Lipinski definition) is 1. The van der Waals surface area contributed by atoms with E-state index < -0.39 is 0 Å². The van der Waals surface area contributed by atoms with E-state index in [0.717, 1.165) is 10.4 Å². The minimum atomic E-state index is -0.0290. The van der Waals surface area contributed by atoms with Crippen LogP contribution in [0, 0.1) is 11.8 Å². The second kappa shape index (κ2) is 7.41. The minimum absolute atomic E-state index is 0.0290. The van der Waals surface area contributed by atoms with Gasteiger partial charge >= 0.3 is 0 Å². The zero-order valence-electron chi connectivity index (χ0n) is 11.7. The van der Waals surface area contributed by atoms with Crippen LogP contribution in [0.2, 0.25) is 0 Å². The fourth-order valence-electron chi connectivity index (χ4n) is 1.71. The lowest BCUT2D eigenvalue weighted by atomic mass is 10.1. The monoisotopic (exact) mass is 297 g/mol. The van der Waals surface area contributed by atoms with E-state index in [2.05, 4.69) is 17.2 Å². The maximum Gasteiger partial charge on any atom is 0.226 e. The first-order valence-corrected chi connectivity index (χ1v) is 7.42. The van der Waals surface area contributed by atoms with Gasteiger partial charge in [-0.2, -0.15) is 0 Å². The Morgan fingerprint density at radius 1 is 1.19 bits per heavy atom. The molecule has 3 nitrogen and oxygen atoms in total. The number of rotatable bonds is 4. The van der Waals surface area contributed by atoms with Gasteiger partial charge in [-0.25, -0.2) is 0 Å². The van der Waals surface area contributed by atoms with Crippen LogP contribution >= 0.6 is 11.3 Å². The lowest BCUT2D eigenvalue weighted by Gasteiger charge is -1.98. The molecule has 4 heteroatoms. The van der Waals surface area contributed by atoms with E-state index in [4.69, 9.17) is 0 Å². The van der Waals surface area contributed by atoms with Crippen molar-refractivity contribution in [2.75, 3.05) is 6.54 Å². The van der Waals surface area contributed by atoms with Crippen LogP contribution in [0.4, 0.5) is 0 Å². The first-order valence-electron chi connectivity index (χ1n) is 6.54. The van der Waals surface area contributed by atoms with E-state index in [1.807, 2.05) is 17.5 Å². The number of benzene rings is 1. The zero-order valence-corrected chi connectivity index (χ0v) is 12.5.